The molecule has 14 heavy (non-hydrogen) atoms. The van der Waals surface area contributed by atoms with Crippen molar-refractivity contribution < 1.29 is 10.2 Å². The third-order valence-electron chi connectivity index (χ3n) is 2.31. The molecule has 2 N–H and O–H groups in total. The highest BCUT2D eigenvalue weighted by Crippen LogP contribution is 2.12. The summed E-state index contributed by atoms with van der Waals surface area (Å²) in [5, 5.41) is 17.7. The molecular formula is C12H18O2. The second-order valence-corrected chi connectivity index (χ2v) is 3.55. The van der Waals surface area contributed by atoms with Crippen LogP contribution in [0.3, 0.4) is 0 Å². The Morgan fingerprint density at radius 3 is 2.14 bits per heavy atom. The quantitative estimate of drug-likeness (QED) is 0.683. The summed E-state index contributed by atoms with van der Waals surface area (Å²) in [6.07, 6.45) is 5.40. The predicted octanol–water partition coefficient (Wildman–Crippen LogP) is 2.49. The van der Waals surface area contributed by atoms with Crippen LogP contribution in [-0.2, 0) is 6.42 Å². The Hall–Kier alpha value is -1.02. The fourth-order valence-corrected chi connectivity index (χ4v) is 1.46. The molecule has 0 aliphatic rings. The largest absolute Gasteiger partial charge is 0.508 e. The Kier molecular flexibility index (Phi) is 5.08. The number of phenols is 1. The van der Waals surface area contributed by atoms with Crippen molar-refractivity contribution in [3.63, 3.8) is 0 Å². The van der Waals surface area contributed by atoms with Gasteiger partial charge in [0.2, 0.25) is 0 Å². The average molecular weight is 194 g/mol. The number of hydrogen-bond donors (Lipinski definition) is 2. The van der Waals surface area contributed by atoms with Crippen LogP contribution in [0.2, 0.25) is 0 Å². The first kappa shape index (κ1) is 11.1. The lowest BCUT2D eigenvalue weighted by molar-refractivity contribution is 0.282. The minimum absolute atomic E-state index is 0.305. The Morgan fingerprint density at radius 1 is 0.857 bits per heavy atom. The van der Waals surface area contributed by atoms with E-state index in [-0.39, 0.29) is 0 Å². The number of aromatic hydroxyl groups is 1. The normalized spacial score (nSPS) is 10.4. The van der Waals surface area contributed by atoms with Gasteiger partial charge in [0.05, 0.1) is 0 Å². The van der Waals surface area contributed by atoms with Crippen molar-refractivity contribution in [2.45, 2.75) is 32.1 Å². The van der Waals surface area contributed by atoms with Crippen LogP contribution in [0, 0.1) is 0 Å². The molecule has 0 saturated carbocycles. The van der Waals surface area contributed by atoms with E-state index in [4.69, 9.17) is 10.2 Å². The van der Waals surface area contributed by atoms with Gasteiger partial charge in [-0.3, -0.25) is 0 Å². The van der Waals surface area contributed by atoms with E-state index < -0.39 is 0 Å². The monoisotopic (exact) mass is 194 g/mol. The highest BCUT2D eigenvalue weighted by atomic mass is 16.3. The second kappa shape index (κ2) is 6.44. The lowest BCUT2D eigenvalue weighted by Gasteiger charge is -2.01. The van der Waals surface area contributed by atoms with E-state index in [1.165, 1.54) is 12.0 Å². The lowest BCUT2D eigenvalue weighted by atomic mass is 10.1. The van der Waals surface area contributed by atoms with E-state index in [1.807, 2.05) is 12.1 Å². The van der Waals surface area contributed by atoms with Crippen LogP contribution in [0.4, 0.5) is 0 Å². The van der Waals surface area contributed by atoms with Gasteiger partial charge in [-0.25, -0.2) is 0 Å². The third-order valence-corrected chi connectivity index (χ3v) is 2.31. The summed E-state index contributed by atoms with van der Waals surface area (Å²) in [5.74, 6) is 0.328. The molecule has 1 rings (SSSR count). The highest BCUT2D eigenvalue weighted by Gasteiger charge is 1.94. The fraction of sp³-hybridized carbons (Fsp3) is 0.500. The molecule has 0 aliphatic carbocycles. The first-order chi connectivity index (χ1) is 6.83. The van der Waals surface area contributed by atoms with Gasteiger partial charge in [0, 0.05) is 6.61 Å². The Labute approximate surface area is 85.2 Å². The Balaban J connectivity index is 2.15. The summed E-state index contributed by atoms with van der Waals surface area (Å²) in [6, 6.07) is 7.37. The number of aliphatic hydroxyl groups excluding tert-OH is 1. The molecule has 0 spiro atoms. The summed E-state index contributed by atoms with van der Waals surface area (Å²) in [5.41, 5.74) is 1.27. The maximum absolute atomic E-state index is 9.07. The van der Waals surface area contributed by atoms with Gasteiger partial charge in [-0.15, -0.1) is 0 Å². The molecule has 0 saturated heterocycles. The number of benzene rings is 1. The van der Waals surface area contributed by atoms with Gasteiger partial charge in [-0.05, 0) is 37.0 Å². The van der Waals surface area contributed by atoms with Gasteiger partial charge in [0.1, 0.15) is 5.75 Å². The Bertz CT molecular complexity index is 241. The molecule has 78 valence electrons. The molecule has 1 aromatic carbocycles. The maximum Gasteiger partial charge on any atom is 0.115 e. The molecular weight excluding hydrogens is 176 g/mol. The van der Waals surface area contributed by atoms with Crippen LogP contribution in [0.15, 0.2) is 24.3 Å². The maximum atomic E-state index is 9.07. The zero-order chi connectivity index (χ0) is 10.2. The van der Waals surface area contributed by atoms with Crippen molar-refractivity contribution >= 4 is 0 Å². The number of rotatable bonds is 6. The molecule has 0 fully saturated rings. The standard InChI is InChI=1S/C12H18O2/c13-10-4-2-1-3-5-11-6-8-12(14)9-7-11/h6-9,13-14H,1-5,10H2. The van der Waals surface area contributed by atoms with Crippen molar-refractivity contribution in [3.05, 3.63) is 29.8 Å². The van der Waals surface area contributed by atoms with Crippen molar-refractivity contribution in [2.75, 3.05) is 6.61 Å². The van der Waals surface area contributed by atoms with Gasteiger partial charge < -0.3 is 10.2 Å². The van der Waals surface area contributed by atoms with Crippen molar-refractivity contribution in [2.24, 2.45) is 0 Å². The van der Waals surface area contributed by atoms with Crippen molar-refractivity contribution in [1.29, 1.82) is 0 Å². The first-order valence-electron chi connectivity index (χ1n) is 5.21. The molecule has 0 bridgehead atoms. The van der Waals surface area contributed by atoms with Gasteiger partial charge in [-0.1, -0.05) is 25.0 Å². The van der Waals surface area contributed by atoms with Crippen LogP contribution in [0.25, 0.3) is 0 Å². The molecule has 0 atom stereocenters. The number of phenolic OH excluding ortho intramolecular Hbond substituents is 1. The zero-order valence-electron chi connectivity index (χ0n) is 8.45. The molecule has 1 aromatic rings. The summed E-state index contributed by atoms with van der Waals surface area (Å²) < 4.78 is 0. The van der Waals surface area contributed by atoms with E-state index in [1.54, 1.807) is 12.1 Å². The molecule has 0 heterocycles. The van der Waals surface area contributed by atoms with E-state index in [2.05, 4.69) is 0 Å². The van der Waals surface area contributed by atoms with Crippen LogP contribution >= 0.6 is 0 Å². The summed E-state index contributed by atoms with van der Waals surface area (Å²) in [7, 11) is 0. The van der Waals surface area contributed by atoms with E-state index in [9.17, 15) is 0 Å². The topological polar surface area (TPSA) is 40.5 Å². The minimum atomic E-state index is 0.305. The van der Waals surface area contributed by atoms with Gasteiger partial charge in [0.15, 0.2) is 0 Å². The number of aliphatic hydroxyl groups is 1. The highest BCUT2D eigenvalue weighted by molar-refractivity contribution is 5.25. The molecule has 0 unspecified atom stereocenters. The molecule has 0 aromatic heterocycles. The van der Waals surface area contributed by atoms with Gasteiger partial charge >= 0.3 is 0 Å². The smallest absolute Gasteiger partial charge is 0.115 e. The number of hydrogen-bond acceptors (Lipinski definition) is 2. The zero-order valence-corrected chi connectivity index (χ0v) is 8.45. The van der Waals surface area contributed by atoms with Gasteiger partial charge in [0.25, 0.3) is 0 Å². The molecule has 0 aliphatic heterocycles. The molecule has 2 heteroatoms. The summed E-state index contributed by atoms with van der Waals surface area (Å²) >= 11 is 0. The minimum Gasteiger partial charge on any atom is -0.508 e. The predicted molar refractivity (Wildman–Crippen MR) is 57.4 cm³/mol. The van der Waals surface area contributed by atoms with E-state index in [0.29, 0.717) is 12.4 Å². The molecule has 0 radical (unpaired) electrons. The number of unbranched alkanes of at least 4 members (excludes halogenated alkanes) is 3. The van der Waals surface area contributed by atoms with Crippen molar-refractivity contribution in [1.82, 2.24) is 0 Å². The third kappa shape index (κ3) is 4.28. The lowest BCUT2D eigenvalue weighted by Crippen LogP contribution is -1.87. The summed E-state index contributed by atoms with van der Waals surface area (Å²) in [6.45, 7) is 0.305. The number of aryl methyl sites for hydroxylation is 1. The molecule has 2 nitrogen and oxygen atoms in total. The van der Waals surface area contributed by atoms with Crippen molar-refractivity contribution in [3.8, 4) is 5.75 Å². The van der Waals surface area contributed by atoms with Crippen LogP contribution in [0.5, 0.6) is 5.75 Å². The fourth-order valence-electron chi connectivity index (χ4n) is 1.46. The SMILES string of the molecule is OCCCCCCc1ccc(O)cc1. The average Bonchev–Trinajstić information content (AvgIpc) is 2.21. The van der Waals surface area contributed by atoms with E-state index in [0.717, 1.165) is 25.7 Å². The summed E-state index contributed by atoms with van der Waals surface area (Å²) in [4.78, 5) is 0. The Morgan fingerprint density at radius 2 is 1.50 bits per heavy atom. The van der Waals surface area contributed by atoms with E-state index >= 15 is 0 Å². The van der Waals surface area contributed by atoms with Crippen LogP contribution in [0.1, 0.15) is 31.2 Å². The molecule has 0 amide bonds. The second-order valence-electron chi connectivity index (χ2n) is 3.55. The van der Waals surface area contributed by atoms with Gasteiger partial charge in [-0.2, -0.15) is 0 Å². The first-order valence-corrected chi connectivity index (χ1v) is 5.21. The van der Waals surface area contributed by atoms with Crippen LogP contribution < -0.4 is 0 Å². The van der Waals surface area contributed by atoms with Crippen LogP contribution in [-0.4, -0.2) is 16.8 Å².